The van der Waals surface area contributed by atoms with Crippen LogP contribution in [0.15, 0.2) is 78.0 Å². The molecule has 0 aliphatic carbocycles. The van der Waals surface area contributed by atoms with Gasteiger partial charge in [0.05, 0.1) is 0 Å². The monoisotopic (exact) mass is 375 g/mol. The Bertz CT molecular complexity index is 968. The van der Waals surface area contributed by atoms with Crippen LogP contribution in [0.25, 0.3) is 11.1 Å². The van der Waals surface area contributed by atoms with Crippen molar-refractivity contribution >= 4 is 5.97 Å². The number of aliphatic carboxylic acids is 1. The lowest BCUT2D eigenvalue weighted by Gasteiger charge is -2.10. The highest BCUT2D eigenvalue weighted by Crippen LogP contribution is 2.25. The van der Waals surface area contributed by atoms with Gasteiger partial charge in [-0.2, -0.15) is 4.91 Å². The minimum atomic E-state index is -0.797. The Morgan fingerprint density at radius 1 is 0.857 bits per heavy atom. The number of carboxylic acid groups (broad SMARTS) is 1. The Hall–Kier alpha value is -3.47. The van der Waals surface area contributed by atoms with Crippen LogP contribution in [0, 0.1) is 4.91 Å². The minimum Gasteiger partial charge on any atom is -0.489 e. The highest BCUT2D eigenvalue weighted by atomic mass is 16.5. The average Bonchev–Trinajstić information content (AvgIpc) is 2.72. The van der Waals surface area contributed by atoms with E-state index in [4.69, 9.17) is 9.84 Å². The lowest BCUT2D eigenvalue weighted by atomic mass is 10.0. The van der Waals surface area contributed by atoms with Gasteiger partial charge in [-0.05, 0) is 46.4 Å². The third-order valence-corrected chi connectivity index (χ3v) is 4.37. The summed E-state index contributed by atoms with van der Waals surface area (Å²) in [5.41, 5.74) is 4.86. The fourth-order valence-corrected chi connectivity index (χ4v) is 2.98. The predicted molar refractivity (Wildman–Crippen MR) is 108 cm³/mol. The smallest absolute Gasteiger partial charge is 0.303 e. The van der Waals surface area contributed by atoms with E-state index in [1.165, 1.54) is 0 Å². The largest absolute Gasteiger partial charge is 0.489 e. The fraction of sp³-hybridized carbons (Fsp3) is 0.174. The first-order valence-corrected chi connectivity index (χ1v) is 9.05. The summed E-state index contributed by atoms with van der Waals surface area (Å²) < 4.78 is 5.91. The number of nitrogens with zero attached hydrogens (tertiary/aromatic N) is 1. The van der Waals surface area contributed by atoms with Gasteiger partial charge in [-0.25, -0.2) is 0 Å². The van der Waals surface area contributed by atoms with Crippen molar-refractivity contribution in [3.63, 3.8) is 0 Å². The molecule has 5 heteroatoms. The van der Waals surface area contributed by atoms with E-state index in [1.807, 2.05) is 72.8 Å². The summed E-state index contributed by atoms with van der Waals surface area (Å²) in [5.74, 6) is -0.0545. The molecule has 0 heterocycles. The van der Waals surface area contributed by atoms with E-state index in [0.29, 0.717) is 13.0 Å². The molecule has 0 bridgehead atoms. The normalized spacial score (nSPS) is 10.4. The van der Waals surface area contributed by atoms with Gasteiger partial charge < -0.3 is 9.84 Å². The van der Waals surface area contributed by atoms with Crippen molar-refractivity contribution in [3.05, 3.63) is 94.4 Å². The summed E-state index contributed by atoms with van der Waals surface area (Å²) >= 11 is 0. The fourth-order valence-electron chi connectivity index (χ4n) is 2.98. The summed E-state index contributed by atoms with van der Waals surface area (Å²) in [4.78, 5) is 21.2. The molecule has 0 saturated carbocycles. The lowest BCUT2D eigenvalue weighted by Crippen LogP contribution is -1.98. The third-order valence-electron chi connectivity index (χ3n) is 4.37. The number of carbonyl (C=O) groups is 1. The maximum absolute atomic E-state index is 10.8. The van der Waals surface area contributed by atoms with Crippen LogP contribution in [0.4, 0.5) is 0 Å². The standard InChI is InChI=1S/C23H21NO4/c25-23(26)11-10-17-4-2-7-20(13-17)21-8-3-9-22(14-21)28-16-19-6-1-5-18(12-19)15-24-27/h1-9,12-14H,10-11,15-16H2,(H,25,26). The summed E-state index contributed by atoms with van der Waals surface area (Å²) in [6, 6.07) is 23.3. The first-order valence-electron chi connectivity index (χ1n) is 9.05. The molecule has 0 aromatic heterocycles. The van der Waals surface area contributed by atoms with Crippen LogP contribution in [0.3, 0.4) is 0 Å². The number of nitroso groups, excluding NO2 is 1. The molecule has 0 saturated heterocycles. The van der Waals surface area contributed by atoms with Crippen LogP contribution in [-0.2, 0) is 24.4 Å². The number of hydrogen-bond donors (Lipinski definition) is 1. The van der Waals surface area contributed by atoms with Gasteiger partial charge in [0.25, 0.3) is 0 Å². The maximum Gasteiger partial charge on any atom is 0.303 e. The third kappa shape index (κ3) is 5.51. The molecule has 28 heavy (non-hydrogen) atoms. The van der Waals surface area contributed by atoms with Gasteiger partial charge in [-0.1, -0.05) is 65.8 Å². The van der Waals surface area contributed by atoms with Crippen LogP contribution >= 0.6 is 0 Å². The van der Waals surface area contributed by atoms with Crippen molar-refractivity contribution in [2.75, 3.05) is 0 Å². The van der Waals surface area contributed by atoms with Gasteiger partial charge in [0.15, 0.2) is 0 Å². The van der Waals surface area contributed by atoms with Gasteiger partial charge in [-0.15, -0.1) is 0 Å². The van der Waals surface area contributed by atoms with E-state index >= 15 is 0 Å². The summed E-state index contributed by atoms with van der Waals surface area (Å²) in [6.07, 6.45) is 0.622. The van der Waals surface area contributed by atoms with E-state index in [0.717, 1.165) is 33.6 Å². The topological polar surface area (TPSA) is 76.0 Å². The molecule has 0 radical (unpaired) electrons. The van der Waals surface area contributed by atoms with Crippen molar-refractivity contribution < 1.29 is 14.6 Å². The zero-order chi connectivity index (χ0) is 19.8. The number of benzene rings is 3. The van der Waals surface area contributed by atoms with Crippen molar-refractivity contribution in [3.8, 4) is 16.9 Å². The first-order chi connectivity index (χ1) is 13.6. The SMILES string of the molecule is O=NCc1cccc(COc2cccc(-c3cccc(CCC(=O)O)c3)c2)c1. The summed E-state index contributed by atoms with van der Waals surface area (Å²) in [7, 11) is 0. The van der Waals surface area contributed by atoms with Crippen LogP contribution in [0.2, 0.25) is 0 Å². The molecular weight excluding hydrogens is 354 g/mol. The van der Waals surface area contributed by atoms with Crippen LogP contribution in [-0.4, -0.2) is 11.1 Å². The van der Waals surface area contributed by atoms with Gasteiger partial charge in [0, 0.05) is 6.42 Å². The lowest BCUT2D eigenvalue weighted by molar-refractivity contribution is -0.136. The molecule has 5 nitrogen and oxygen atoms in total. The molecule has 0 amide bonds. The molecule has 3 rings (SSSR count). The number of carboxylic acids is 1. The number of rotatable bonds is 9. The van der Waals surface area contributed by atoms with Gasteiger partial charge in [0.1, 0.15) is 18.9 Å². The molecule has 1 N–H and O–H groups in total. The van der Waals surface area contributed by atoms with Crippen molar-refractivity contribution in [2.45, 2.75) is 26.0 Å². The highest BCUT2D eigenvalue weighted by Gasteiger charge is 2.04. The van der Waals surface area contributed by atoms with Crippen LogP contribution in [0.1, 0.15) is 23.1 Å². The van der Waals surface area contributed by atoms with Crippen molar-refractivity contribution in [1.82, 2.24) is 0 Å². The molecule has 0 fully saturated rings. The number of ether oxygens (including phenoxy) is 1. The quantitative estimate of drug-likeness (QED) is 0.521. The van der Waals surface area contributed by atoms with Gasteiger partial charge >= 0.3 is 5.97 Å². The average molecular weight is 375 g/mol. The molecule has 3 aromatic rings. The summed E-state index contributed by atoms with van der Waals surface area (Å²) in [6.45, 7) is 0.552. The zero-order valence-corrected chi connectivity index (χ0v) is 15.4. The second kappa shape index (κ2) is 9.46. The van der Waals surface area contributed by atoms with E-state index in [2.05, 4.69) is 5.18 Å². The van der Waals surface area contributed by atoms with Crippen molar-refractivity contribution in [2.24, 2.45) is 5.18 Å². The van der Waals surface area contributed by atoms with E-state index in [9.17, 15) is 9.70 Å². The Morgan fingerprint density at radius 3 is 2.32 bits per heavy atom. The van der Waals surface area contributed by atoms with Crippen molar-refractivity contribution in [1.29, 1.82) is 0 Å². The van der Waals surface area contributed by atoms with Crippen LogP contribution < -0.4 is 4.74 Å². The van der Waals surface area contributed by atoms with Gasteiger partial charge in [-0.3, -0.25) is 4.79 Å². The predicted octanol–water partition coefficient (Wildman–Crippen LogP) is 5.22. The summed E-state index contributed by atoms with van der Waals surface area (Å²) in [5, 5.41) is 11.8. The van der Waals surface area contributed by atoms with Crippen LogP contribution in [0.5, 0.6) is 5.75 Å². The zero-order valence-electron chi connectivity index (χ0n) is 15.4. The number of hydrogen-bond acceptors (Lipinski definition) is 4. The molecule has 142 valence electrons. The molecule has 0 unspecified atom stereocenters. The van der Waals surface area contributed by atoms with E-state index in [-0.39, 0.29) is 13.0 Å². The Balaban J connectivity index is 1.70. The van der Waals surface area contributed by atoms with Gasteiger partial charge in [0.2, 0.25) is 0 Å². The van der Waals surface area contributed by atoms with E-state index < -0.39 is 5.97 Å². The molecular formula is C23H21NO4. The molecule has 0 spiro atoms. The maximum atomic E-state index is 10.8. The molecule has 3 aromatic carbocycles. The molecule has 0 atom stereocenters. The first kappa shape index (κ1) is 19.3. The van der Waals surface area contributed by atoms with E-state index in [1.54, 1.807) is 0 Å². The second-order valence-electron chi connectivity index (χ2n) is 6.52. The minimum absolute atomic E-state index is 0.116. The Labute approximate surface area is 163 Å². The Morgan fingerprint density at radius 2 is 1.54 bits per heavy atom. The number of aryl methyl sites for hydroxylation is 1. The Kier molecular flexibility index (Phi) is 6.52. The molecule has 0 aliphatic heterocycles. The second-order valence-corrected chi connectivity index (χ2v) is 6.52. The highest BCUT2D eigenvalue weighted by molar-refractivity contribution is 5.68. The molecule has 0 aliphatic rings.